The molecule has 10 heavy (non-hydrogen) atoms. The van der Waals surface area contributed by atoms with Crippen LogP contribution in [0.2, 0.25) is 0 Å². The van der Waals surface area contributed by atoms with Gasteiger partial charge in [-0.3, -0.25) is 4.57 Å². The number of rotatable bonds is 0. The first kappa shape index (κ1) is 17.4. The van der Waals surface area contributed by atoms with Gasteiger partial charge in [0.2, 0.25) is 0 Å². The highest BCUT2D eigenvalue weighted by Crippen LogP contribution is 2.14. The fourth-order valence-electron chi connectivity index (χ4n) is 0. The Bertz CT molecular complexity index is 64.0. The molecule has 3 nitrogen and oxygen atoms in total. The van der Waals surface area contributed by atoms with Crippen LogP contribution >= 0.6 is 39.5 Å². The molecule has 0 aliphatic rings. The third kappa shape index (κ3) is 388. The zero-order valence-corrected chi connectivity index (χ0v) is 9.83. The first-order chi connectivity index (χ1) is 4.46. The lowest BCUT2D eigenvalue weighted by Crippen LogP contribution is -1.48. The summed E-state index contributed by atoms with van der Waals surface area (Å²) in [7, 11) is -2.75. The second kappa shape index (κ2) is 16.7. The van der Waals surface area contributed by atoms with Crippen LogP contribution in [-0.2, 0) is 4.57 Å². The third-order valence-electron chi connectivity index (χ3n) is 0. The predicted octanol–water partition coefficient (Wildman–Crippen LogP) is 1.48. The van der Waals surface area contributed by atoms with Gasteiger partial charge in [-0.2, -0.15) is 0 Å². The van der Waals surface area contributed by atoms with Gasteiger partial charge in [0.05, 0.1) is 0 Å². The second-order valence-electron chi connectivity index (χ2n) is 1.62. The fraction of sp³-hybridized carbons (Fsp3) is 1.00. The van der Waals surface area contributed by atoms with Crippen LogP contribution in [0.25, 0.3) is 0 Å². The number of thiol groups is 2. The maximum Gasteiger partial charge on any atom is 0.314 e. The lowest BCUT2D eigenvalue weighted by molar-refractivity contribution is 0.405. The molecule has 66 valence electrons. The molecule has 0 aliphatic carbocycles. The lowest BCUT2D eigenvalue weighted by atomic mass is 11.9. The van der Waals surface area contributed by atoms with E-state index in [1.165, 1.54) is 0 Å². The molecule has 0 heterocycles. The van der Waals surface area contributed by atoms with E-state index < -0.39 is 8.25 Å². The summed E-state index contributed by atoms with van der Waals surface area (Å²) in [4.78, 5) is 14.3. The summed E-state index contributed by atoms with van der Waals surface area (Å²) in [5.74, 6) is 0. The van der Waals surface area contributed by atoms with Crippen LogP contribution in [0.5, 0.6) is 0 Å². The highest BCUT2D eigenvalue weighted by atomic mass is 33.1. The van der Waals surface area contributed by atoms with Gasteiger partial charge in [-0.05, 0) is 20.0 Å². The zero-order valence-electron chi connectivity index (χ0n) is 6.14. The van der Waals surface area contributed by atoms with Crippen LogP contribution in [0.1, 0.15) is 0 Å². The molecule has 0 aliphatic heterocycles. The molecule has 0 atom stereocenters. The maximum atomic E-state index is 8.74. The Kier molecular flexibility index (Phi) is 29.0. The first-order valence-corrected chi connectivity index (χ1v) is 7.78. The van der Waals surface area contributed by atoms with E-state index in [-0.39, 0.29) is 0 Å². The normalized spacial score (nSPS) is 7.70. The summed E-state index contributed by atoms with van der Waals surface area (Å²) in [5.41, 5.74) is 0. The smallest absolute Gasteiger partial charge is 0.314 e. The molecule has 7 heteroatoms. The summed E-state index contributed by atoms with van der Waals surface area (Å²) in [5, 5.41) is 0. The molecule has 0 bridgehead atoms. The summed E-state index contributed by atoms with van der Waals surface area (Å²) >= 11 is 6.44. The Morgan fingerprint density at radius 1 is 1.20 bits per heavy atom. The highest BCUT2D eigenvalue weighted by molar-refractivity contribution is 8.59. The van der Waals surface area contributed by atoms with Crippen molar-refractivity contribution in [2.24, 2.45) is 0 Å². The van der Waals surface area contributed by atoms with E-state index in [9.17, 15) is 0 Å². The summed E-state index contributed by atoms with van der Waals surface area (Å²) in [6.07, 6.45) is 0. The largest absolute Gasteiger partial charge is 0.326 e. The Morgan fingerprint density at radius 2 is 1.20 bits per heavy atom. The molecule has 0 saturated carbocycles. The molecular formula is C3H14O3P2S2. The van der Waals surface area contributed by atoms with Crippen molar-refractivity contribution in [3.63, 3.8) is 0 Å². The Balaban J connectivity index is -0.0000000787. The molecule has 0 unspecified atom stereocenters. The minimum absolute atomic E-state index is 0.380. The fourth-order valence-corrected chi connectivity index (χ4v) is 0. The van der Waals surface area contributed by atoms with Crippen LogP contribution < -0.4 is 0 Å². The quantitative estimate of drug-likeness (QED) is 0.286. The second-order valence-corrected chi connectivity index (χ2v) is 4.87. The highest BCUT2D eigenvalue weighted by Gasteiger charge is 1.65. The zero-order chi connectivity index (χ0) is 9.15. The minimum atomic E-state index is -3.13. The van der Waals surface area contributed by atoms with E-state index in [4.69, 9.17) is 14.4 Å². The van der Waals surface area contributed by atoms with Crippen molar-refractivity contribution in [3.05, 3.63) is 0 Å². The molecule has 0 aromatic rings. The Morgan fingerprint density at radius 3 is 1.20 bits per heavy atom. The third-order valence-corrected chi connectivity index (χ3v) is 0. The Hall–Kier alpha value is 1.28. The molecule has 0 amide bonds. The van der Waals surface area contributed by atoms with Gasteiger partial charge in [0, 0.05) is 0 Å². The molecule has 0 spiro atoms. The van der Waals surface area contributed by atoms with Gasteiger partial charge in [-0.25, -0.2) is 0 Å². The first-order valence-electron chi connectivity index (χ1n) is 2.19. The minimum Gasteiger partial charge on any atom is -0.326 e. The molecule has 0 saturated heterocycles. The summed E-state index contributed by atoms with van der Waals surface area (Å²) in [6.45, 7) is 6.69. The summed E-state index contributed by atoms with van der Waals surface area (Å²) < 4.78 is 8.74. The standard InChI is InChI=1S/C3H9P.H3O3P.H2S2/c2*1-4(2)3;1-2/h1-3H3;4H,(H2,1,2,3);1-2H. The van der Waals surface area contributed by atoms with Gasteiger partial charge < -0.3 is 9.79 Å². The monoisotopic (exact) mass is 224 g/mol. The molecule has 0 rings (SSSR count). The van der Waals surface area contributed by atoms with E-state index in [1.54, 1.807) is 0 Å². The van der Waals surface area contributed by atoms with Crippen molar-refractivity contribution in [2.45, 2.75) is 0 Å². The van der Waals surface area contributed by atoms with Gasteiger partial charge in [-0.15, -0.1) is 31.2 Å². The van der Waals surface area contributed by atoms with Crippen LogP contribution in [0.4, 0.5) is 0 Å². The molecular weight excluding hydrogens is 210 g/mol. The lowest BCUT2D eigenvalue weighted by Gasteiger charge is -1.81. The molecule has 0 aromatic heterocycles. The van der Waals surface area contributed by atoms with Gasteiger partial charge in [0.25, 0.3) is 0 Å². The molecule has 0 aromatic carbocycles. The van der Waals surface area contributed by atoms with E-state index in [0.29, 0.717) is 7.92 Å². The van der Waals surface area contributed by atoms with Crippen LogP contribution in [0, 0.1) is 0 Å². The number of hydrogen-bond donors (Lipinski definition) is 4. The van der Waals surface area contributed by atoms with E-state index in [0.717, 1.165) is 0 Å². The average molecular weight is 224 g/mol. The van der Waals surface area contributed by atoms with Crippen LogP contribution in [-0.4, -0.2) is 29.8 Å². The van der Waals surface area contributed by atoms with Crippen LogP contribution in [0.15, 0.2) is 0 Å². The topological polar surface area (TPSA) is 57.5 Å². The van der Waals surface area contributed by atoms with Crippen LogP contribution in [0.3, 0.4) is 0 Å². The van der Waals surface area contributed by atoms with Crippen molar-refractivity contribution >= 4 is 39.5 Å². The molecule has 0 fully saturated rings. The average Bonchev–Trinajstić information content (AvgIpc) is 1.66. The molecule has 0 radical (unpaired) electrons. The number of hydrogen-bond acceptors (Lipinski definition) is 3. The molecule has 2 N–H and O–H groups in total. The predicted molar refractivity (Wildman–Crippen MR) is 56.1 cm³/mol. The Labute approximate surface area is 74.2 Å². The van der Waals surface area contributed by atoms with Crippen molar-refractivity contribution in [1.29, 1.82) is 0 Å². The SMILES string of the molecule is CP(C)C.O=[PH](O)O.SS. The maximum absolute atomic E-state index is 8.74. The van der Waals surface area contributed by atoms with Gasteiger partial charge in [0.15, 0.2) is 0 Å². The summed E-state index contributed by atoms with van der Waals surface area (Å²) in [6, 6.07) is 0. The van der Waals surface area contributed by atoms with Gasteiger partial charge in [0.1, 0.15) is 0 Å². The van der Waals surface area contributed by atoms with E-state index >= 15 is 0 Å². The van der Waals surface area contributed by atoms with E-state index in [1.807, 2.05) is 0 Å². The van der Waals surface area contributed by atoms with Gasteiger partial charge in [-0.1, -0.05) is 0 Å². The van der Waals surface area contributed by atoms with Crippen molar-refractivity contribution in [1.82, 2.24) is 0 Å². The van der Waals surface area contributed by atoms with Crippen molar-refractivity contribution in [2.75, 3.05) is 20.0 Å². The van der Waals surface area contributed by atoms with Crippen molar-refractivity contribution < 1.29 is 14.4 Å². The van der Waals surface area contributed by atoms with Crippen molar-refractivity contribution in [3.8, 4) is 0 Å². The van der Waals surface area contributed by atoms with E-state index in [2.05, 4.69) is 43.3 Å². The van der Waals surface area contributed by atoms with Gasteiger partial charge >= 0.3 is 8.25 Å².